The lowest BCUT2D eigenvalue weighted by Crippen LogP contribution is -2.04. The Bertz CT molecular complexity index is 714. The molecule has 0 saturated carbocycles. The van der Waals surface area contributed by atoms with Crippen LogP contribution in [-0.2, 0) is 6.18 Å². The van der Waals surface area contributed by atoms with Gasteiger partial charge in [0.15, 0.2) is 0 Å². The fraction of sp³-hybridized carbons (Fsp3) is 0.0714. The van der Waals surface area contributed by atoms with Gasteiger partial charge >= 0.3 is 6.18 Å². The summed E-state index contributed by atoms with van der Waals surface area (Å²) in [6.07, 6.45) is 0.630. The molecule has 2 heterocycles. The van der Waals surface area contributed by atoms with E-state index in [1.165, 1.54) is 6.07 Å². The normalized spacial score (nSPS) is 11.9. The molecule has 0 unspecified atom stereocenters. The number of pyridine rings is 1. The van der Waals surface area contributed by atoms with Crippen molar-refractivity contribution in [2.24, 2.45) is 0 Å². The van der Waals surface area contributed by atoms with Crippen molar-refractivity contribution < 1.29 is 13.2 Å². The van der Waals surface area contributed by atoms with E-state index in [-0.39, 0.29) is 0 Å². The Morgan fingerprint density at radius 2 is 1.68 bits per heavy atom. The SMILES string of the molecule is FC(F)(F)c1ccc2ccn(-c3ccncc3)c2c1. The molecule has 19 heavy (non-hydrogen) atoms. The average molecular weight is 262 g/mol. The van der Waals surface area contributed by atoms with E-state index in [1.807, 2.05) is 0 Å². The summed E-state index contributed by atoms with van der Waals surface area (Å²) < 4.78 is 39.9. The van der Waals surface area contributed by atoms with Gasteiger partial charge in [0, 0.05) is 24.3 Å². The zero-order valence-corrected chi connectivity index (χ0v) is 9.72. The first-order valence-corrected chi connectivity index (χ1v) is 5.64. The van der Waals surface area contributed by atoms with Crippen LogP contribution in [0.3, 0.4) is 0 Å². The van der Waals surface area contributed by atoms with Crippen molar-refractivity contribution in [2.45, 2.75) is 6.18 Å². The fourth-order valence-electron chi connectivity index (χ4n) is 2.03. The third-order valence-electron chi connectivity index (χ3n) is 2.96. The van der Waals surface area contributed by atoms with Gasteiger partial charge in [-0.05, 0) is 35.7 Å². The lowest BCUT2D eigenvalue weighted by atomic mass is 10.1. The molecule has 0 N–H and O–H groups in total. The molecule has 3 aromatic rings. The molecule has 0 atom stereocenters. The van der Waals surface area contributed by atoms with E-state index in [0.717, 1.165) is 23.2 Å². The van der Waals surface area contributed by atoms with Gasteiger partial charge in [-0.15, -0.1) is 0 Å². The Morgan fingerprint density at radius 1 is 0.947 bits per heavy atom. The summed E-state index contributed by atoms with van der Waals surface area (Å²) in [5, 5.41) is 0.768. The minimum atomic E-state index is -4.33. The van der Waals surface area contributed by atoms with Crippen LogP contribution < -0.4 is 0 Å². The van der Waals surface area contributed by atoms with Crippen molar-refractivity contribution in [1.29, 1.82) is 0 Å². The number of benzene rings is 1. The molecule has 5 heteroatoms. The van der Waals surface area contributed by atoms with Crippen LogP contribution in [0.2, 0.25) is 0 Å². The number of fused-ring (bicyclic) bond motifs is 1. The average Bonchev–Trinajstić information content (AvgIpc) is 2.81. The van der Waals surface area contributed by atoms with Crippen LogP contribution in [0.1, 0.15) is 5.56 Å². The predicted molar refractivity (Wildman–Crippen MR) is 66.1 cm³/mol. The standard InChI is InChI=1S/C14H9F3N2/c15-14(16,17)11-2-1-10-5-8-19(13(10)9-11)12-3-6-18-7-4-12/h1-9H. The van der Waals surface area contributed by atoms with Crippen LogP contribution in [-0.4, -0.2) is 9.55 Å². The van der Waals surface area contributed by atoms with Crippen molar-refractivity contribution in [3.8, 4) is 5.69 Å². The highest BCUT2D eigenvalue weighted by atomic mass is 19.4. The molecule has 0 aliphatic rings. The van der Waals surface area contributed by atoms with Gasteiger partial charge < -0.3 is 4.57 Å². The summed E-state index contributed by atoms with van der Waals surface area (Å²) >= 11 is 0. The van der Waals surface area contributed by atoms with E-state index in [1.54, 1.807) is 41.4 Å². The van der Waals surface area contributed by atoms with Gasteiger partial charge in [0.1, 0.15) is 0 Å². The topological polar surface area (TPSA) is 17.8 Å². The van der Waals surface area contributed by atoms with E-state index in [9.17, 15) is 13.2 Å². The Morgan fingerprint density at radius 3 is 2.37 bits per heavy atom. The van der Waals surface area contributed by atoms with Crippen molar-refractivity contribution >= 4 is 10.9 Å². The summed E-state index contributed by atoms with van der Waals surface area (Å²) in [6.45, 7) is 0. The number of hydrogen-bond donors (Lipinski definition) is 0. The molecule has 0 bridgehead atoms. The highest BCUT2D eigenvalue weighted by Crippen LogP contribution is 2.32. The number of halogens is 3. The van der Waals surface area contributed by atoms with E-state index in [0.29, 0.717) is 5.52 Å². The monoisotopic (exact) mass is 262 g/mol. The predicted octanol–water partition coefficient (Wildman–Crippen LogP) is 4.04. The van der Waals surface area contributed by atoms with Crippen LogP contribution >= 0.6 is 0 Å². The zero-order chi connectivity index (χ0) is 13.5. The van der Waals surface area contributed by atoms with Crippen molar-refractivity contribution in [1.82, 2.24) is 9.55 Å². The molecule has 0 spiro atoms. The maximum atomic E-state index is 12.7. The number of alkyl halides is 3. The summed E-state index contributed by atoms with van der Waals surface area (Å²) in [5.41, 5.74) is 0.666. The van der Waals surface area contributed by atoms with Gasteiger partial charge in [-0.2, -0.15) is 13.2 Å². The second kappa shape index (κ2) is 4.12. The van der Waals surface area contributed by atoms with Gasteiger partial charge in [-0.3, -0.25) is 4.98 Å². The van der Waals surface area contributed by atoms with Gasteiger partial charge in [0.05, 0.1) is 11.1 Å². The van der Waals surface area contributed by atoms with E-state index >= 15 is 0 Å². The van der Waals surface area contributed by atoms with E-state index < -0.39 is 11.7 Å². The molecule has 1 aromatic carbocycles. The van der Waals surface area contributed by atoms with E-state index in [2.05, 4.69) is 4.98 Å². The maximum absolute atomic E-state index is 12.7. The summed E-state index contributed by atoms with van der Waals surface area (Å²) in [7, 11) is 0. The van der Waals surface area contributed by atoms with Gasteiger partial charge in [-0.25, -0.2) is 0 Å². The minimum absolute atomic E-state index is 0.529. The molecule has 0 amide bonds. The van der Waals surface area contributed by atoms with Crippen molar-refractivity contribution in [3.63, 3.8) is 0 Å². The fourth-order valence-corrected chi connectivity index (χ4v) is 2.03. The maximum Gasteiger partial charge on any atom is 0.416 e. The third kappa shape index (κ3) is 2.07. The molecule has 0 fully saturated rings. The molecule has 0 radical (unpaired) electrons. The van der Waals surface area contributed by atoms with Crippen LogP contribution in [0, 0.1) is 0 Å². The Hall–Kier alpha value is -2.30. The lowest BCUT2D eigenvalue weighted by Gasteiger charge is -2.09. The van der Waals surface area contributed by atoms with E-state index in [4.69, 9.17) is 0 Å². The number of rotatable bonds is 1. The molecule has 96 valence electrons. The van der Waals surface area contributed by atoms with Crippen molar-refractivity contribution in [2.75, 3.05) is 0 Å². The first-order chi connectivity index (χ1) is 9.05. The van der Waals surface area contributed by atoms with Crippen LogP contribution in [0.15, 0.2) is 55.0 Å². The van der Waals surface area contributed by atoms with Crippen LogP contribution in [0.5, 0.6) is 0 Å². The molecule has 2 aromatic heterocycles. The lowest BCUT2D eigenvalue weighted by molar-refractivity contribution is -0.137. The number of aromatic nitrogens is 2. The molecule has 0 aliphatic carbocycles. The highest BCUT2D eigenvalue weighted by Gasteiger charge is 2.30. The number of nitrogens with zero attached hydrogens (tertiary/aromatic N) is 2. The number of hydrogen-bond acceptors (Lipinski definition) is 1. The molecule has 3 rings (SSSR count). The third-order valence-corrected chi connectivity index (χ3v) is 2.96. The highest BCUT2D eigenvalue weighted by molar-refractivity contribution is 5.82. The Kier molecular flexibility index (Phi) is 2.55. The molecular weight excluding hydrogens is 253 g/mol. The Balaban J connectivity index is 2.22. The molecule has 2 nitrogen and oxygen atoms in total. The second-order valence-electron chi connectivity index (χ2n) is 4.16. The molecule has 0 saturated heterocycles. The van der Waals surface area contributed by atoms with Gasteiger partial charge in [0.2, 0.25) is 0 Å². The quantitative estimate of drug-likeness (QED) is 0.647. The molecule has 0 aliphatic heterocycles. The minimum Gasteiger partial charge on any atom is -0.316 e. The molecular formula is C14H9F3N2. The van der Waals surface area contributed by atoms with Gasteiger partial charge in [-0.1, -0.05) is 6.07 Å². The summed E-state index contributed by atoms with van der Waals surface area (Å²) in [6, 6.07) is 9.03. The summed E-state index contributed by atoms with van der Waals surface area (Å²) in [4.78, 5) is 3.90. The summed E-state index contributed by atoms with van der Waals surface area (Å²) in [5.74, 6) is 0. The zero-order valence-electron chi connectivity index (χ0n) is 9.72. The first-order valence-electron chi connectivity index (χ1n) is 5.64. The van der Waals surface area contributed by atoms with Crippen LogP contribution in [0.25, 0.3) is 16.6 Å². The van der Waals surface area contributed by atoms with Crippen LogP contribution in [0.4, 0.5) is 13.2 Å². The second-order valence-corrected chi connectivity index (χ2v) is 4.16. The Labute approximate surface area is 107 Å². The smallest absolute Gasteiger partial charge is 0.316 e. The first kappa shape index (κ1) is 11.8. The largest absolute Gasteiger partial charge is 0.416 e. The van der Waals surface area contributed by atoms with Gasteiger partial charge in [0.25, 0.3) is 0 Å². The van der Waals surface area contributed by atoms with Crippen molar-refractivity contribution in [3.05, 3.63) is 60.6 Å².